The third-order valence-electron chi connectivity index (χ3n) is 5.74. The van der Waals surface area contributed by atoms with Crippen LogP contribution in [0.3, 0.4) is 0 Å². The summed E-state index contributed by atoms with van der Waals surface area (Å²) in [7, 11) is 1.34. The molecule has 0 fully saturated rings. The number of benzene rings is 1. The standard InChI is InChI=1S/C21H19N3O4S/c1-28-21(27)12-5-2-4-11-8-9-24(10-14(11)12)20(26)17-22-18(25)16-13-6-3-7-15(13)29-19(16)23-17/h2,4-5H,3,6-10H2,1H3,(H,22,23,25). The van der Waals surface area contributed by atoms with E-state index in [4.69, 9.17) is 4.74 Å². The number of esters is 1. The van der Waals surface area contributed by atoms with Crippen molar-refractivity contribution in [2.45, 2.75) is 32.2 Å². The molecule has 1 aromatic carbocycles. The Hall–Kier alpha value is -3.00. The smallest absolute Gasteiger partial charge is 0.338 e. The first kappa shape index (κ1) is 18.1. The van der Waals surface area contributed by atoms with Gasteiger partial charge in [-0.1, -0.05) is 12.1 Å². The number of amides is 1. The van der Waals surface area contributed by atoms with Crippen molar-refractivity contribution >= 4 is 33.4 Å². The number of thiophene rings is 1. The van der Waals surface area contributed by atoms with E-state index in [0.29, 0.717) is 28.7 Å². The number of rotatable bonds is 2. The maximum atomic E-state index is 13.1. The summed E-state index contributed by atoms with van der Waals surface area (Å²) in [5.41, 5.74) is 3.13. The zero-order valence-electron chi connectivity index (χ0n) is 15.9. The average Bonchev–Trinajstić information content (AvgIpc) is 3.32. The number of carbonyl (C=O) groups excluding carboxylic acids is 2. The van der Waals surface area contributed by atoms with Crippen molar-refractivity contribution in [1.82, 2.24) is 14.9 Å². The second-order valence-corrected chi connectivity index (χ2v) is 8.45. The third-order valence-corrected chi connectivity index (χ3v) is 6.93. The molecule has 3 aromatic rings. The van der Waals surface area contributed by atoms with Crippen molar-refractivity contribution in [3.8, 4) is 0 Å². The highest BCUT2D eigenvalue weighted by molar-refractivity contribution is 7.18. The number of aryl methyl sites for hydroxylation is 2. The van der Waals surface area contributed by atoms with E-state index in [1.165, 1.54) is 23.3 Å². The minimum Gasteiger partial charge on any atom is -0.465 e. The molecule has 148 valence electrons. The second-order valence-electron chi connectivity index (χ2n) is 7.36. The van der Waals surface area contributed by atoms with Crippen LogP contribution in [-0.2, 0) is 30.5 Å². The van der Waals surface area contributed by atoms with Gasteiger partial charge in [-0.3, -0.25) is 9.59 Å². The van der Waals surface area contributed by atoms with Crippen molar-refractivity contribution in [2.75, 3.05) is 13.7 Å². The number of fused-ring (bicyclic) bond motifs is 4. The molecule has 0 bridgehead atoms. The maximum absolute atomic E-state index is 13.1. The van der Waals surface area contributed by atoms with Crippen LogP contribution >= 0.6 is 11.3 Å². The number of H-pyrrole nitrogens is 1. The Kier molecular flexibility index (Phi) is 4.24. The Balaban J connectivity index is 1.50. The fourth-order valence-electron chi connectivity index (χ4n) is 4.31. The number of methoxy groups -OCH3 is 1. The Morgan fingerprint density at radius 2 is 2.07 bits per heavy atom. The van der Waals surface area contributed by atoms with Crippen molar-refractivity contribution in [1.29, 1.82) is 0 Å². The van der Waals surface area contributed by atoms with Gasteiger partial charge in [0.15, 0.2) is 0 Å². The van der Waals surface area contributed by atoms with E-state index in [1.54, 1.807) is 11.0 Å². The van der Waals surface area contributed by atoms with E-state index in [9.17, 15) is 14.4 Å². The van der Waals surface area contributed by atoms with Crippen molar-refractivity contribution in [2.24, 2.45) is 0 Å². The molecule has 0 unspecified atom stereocenters. The lowest BCUT2D eigenvalue weighted by Gasteiger charge is -2.29. The molecule has 7 nitrogen and oxygen atoms in total. The first-order valence-electron chi connectivity index (χ1n) is 9.59. The molecule has 8 heteroatoms. The summed E-state index contributed by atoms with van der Waals surface area (Å²) in [6.45, 7) is 0.779. The van der Waals surface area contributed by atoms with Gasteiger partial charge in [-0.2, -0.15) is 0 Å². The van der Waals surface area contributed by atoms with Gasteiger partial charge < -0.3 is 14.6 Å². The zero-order valence-corrected chi connectivity index (χ0v) is 16.7. The molecule has 1 amide bonds. The van der Waals surface area contributed by atoms with E-state index in [0.717, 1.165) is 36.0 Å². The third kappa shape index (κ3) is 2.86. The lowest BCUT2D eigenvalue weighted by Crippen LogP contribution is -2.38. The molecule has 0 radical (unpaired) electrons. The summed E-state index contributed by atoms with van der Waals surface area (Å²) in [6.07, 6.45) is 3.56. The first-order valence-corrected chi connectivity index (χ1v) is 10.4. The SMILES string of the molecule is COC(=O)c1cccc2c1CN(C(=O)c1nc3sc4c(c3c(=O)[nH]1)CCC4)CC2. The lowest BCUT2D eigenvalue weighted by atomic mass is 9.95. The van der Waals surface area contributed by atoms with Crippen LogP contribution in [0, 0.1) is 0 Å². The first-order chi connectivity index (χ1) is 14.1. The lowest BCUT2D eigenvalue weighted by molar-refractivity contribution is 0.0591. The highest BCUT2D eigenvalue weighted by Crippen LogP contribution is 2.34. The molecule has 5 rings (SSSR count). The average molecular weight is 409 g/mol. The van der Waals surface area contributed by atoms with E-state index < -0.39 is 5.97 Å². The number of aromatic amines is 1. The second kappa shape index (κ2) is 6.81. The molecule has 1 aliphatic heterocycles. The molecule has 0 atom stereocenters. The van der Waals surface area contributed by atoms with E-state index in [-0.39, 0.29) is 23.8 Å². The van der Waals surface area contributed by atoms with Crippen LogP contribution < -0.4 is 5.56 Å². The van der Waals surface area contributed by atoms with Gasteiger partial charge in [-0.15, -0.1) is 11.3 Å². The Labute approximate surface area is 170 Å². The van der Waals surface area contributed by atoms with Crippen LogP contribution in [0.4, 0.5) is 0 Å². The number of aromatic nitrogens is 2. The van der Waals surface area contributed by atoms with Crippen LogP contribution in [-0.4, -0.2) is 40.4 Å². The largest absolute Gasteiger partial charge is 0.465 e. The molecular formula is C21H19N3O4S. The van der Waals surface area contributed by atoms with Gasteiger partial charge in [-0.25, -0.2) is 9.78 Å². The predicted molar refractivity (Wildman–Crippen MR) is 108 cm³/mol. The molecule has 0 saturated carbocycles. The van der Waals surface area contributed by atoms with Gasteiger partial charge in [0.2, 0.25) is 5.82 Å². The molecule has 29 heavy (non-hydrogen) atoms. The van der Waals surface area contributed by atoms with Crippen LogP contribution in [0.25, 0.3) is 10.2 Å². The van der Waals surface area contributed by atoms with Gasteiger partial charge in [0.25, 0.3) is 11.5 Å². The summed E-state index contributed by atoms with van der Waals surface area (Å²) in [5, 5.41) is 0.635. The number of nitrogens with zero attached hydrogens (tertiary/aromatic N) is 2. The minimum absolute atomic E-state index is 0.0569. The molecule has 1 aliphatic carbocycles. The molecule has 2 aromatic heterocycles. The van der Waals surface area contributed by atoms with E-state index >= 15 is 0 Å². The Morgan fingerprint density at radius 3 is 2.90 bits per heavy atom. The molecule has 0 spiro atoms. The molecular weight excluding hydrogens is 390 g/mol. The van der Waals surface area contributed by atoms with Crippen LogP contribution in [0.15, 0.2) is 23.0 Å². The summed E-state index contributed by atoms with van der Waals surface area (Å²) >= 11 is 1.51. The molecule has 3 heterocycles. The number of hydrogen-bond donors (Lipinski definition) is 1. The molecule has 0 saturated heterocycles. The quantitative estimate of drug-likeness (QED) is 0.657. The zero-order chi connectivity index (χ0) is 20.1. The van der Waals surface area contributed by atoms with E-state index in [2.05, 4.69) is 9.97 Å². The highest BCUT2D eigenvalue weighted by Gasteiger charge is 2.28. The summed E-state index contributed by atoms with van der Waals surface area (Å²) < 4.78 is 4.88. The Bertz CT molecular complexity index is 1230. The Morgan fingerprint density at radius 1 is 1.21 bits per heavy atom. The fourth-order valence-corrected chi connectivity index (χ4v) is 5.57. The van der Waals surface area contributed by atoms with Gasteiger partial charge in [-0.05, 0) is 48.4 Å². The van der Waals surface area contributed by atoms with Gasteiger partial charge in [0, 0.05) is 18.0 Å². The normalized spacial score (nSPS) is 15.3. The van der Waals surface area contributed by atoms with Gasteiger partial charge in [0.1, 0.15) is 4.83 Å². The van der Waals surface area contributed by atoms with Crippen molar-refractivity contribution < 1.29 is 14.3 Å². The van der Waals surface area contributed by atoms with E-state index in [1.807, 2.05) is 12.1 Å². The van der Waals surface area contributed by atoms with Crippen molar-refractivity contribution in [3.63, 3.8) is 0 Å². The summed E-state index contributed by atoms with van der Waals surface area (Å²) in [5.74, 6) is -0.693. The highest BCUT2D eigenvalue weighted by atomic mass is 32.1. The van der Waals surface area contributed by atoms with Gasteiger partial charge in [0.05, 0.1) is 18.1 Å². The van der Waals surface area contributed by atoms with Crippen LogP contribution in [0.5, 0.6) is 0 Å². The summed E-state index contributed by atoms with van der Waals surface area (Å²) in [4.78, 5) is 48.5. The topological polar surface area (TPSA) is 92.4 Å². The number of nitrogens with one attached hydrogen (secondary N) is 1. The van der Waals surface area contributed by atoms with Gasteiger partial charge >= 0.3 is 5.97 Å². The predicted octanol–water partition coefficient (Wildman–Crippen LogP) is 2.46. The monoisotopic (exact) mass is 409 g/mol. The maximum Gasteiger partial charge on any atom is 0.338 e. The summed E-state index contributed by atoms with van der Waals surface area (Å²) in [6, 6.07) is 5.49. The van der Waals surface area contributed by atoms with Crippen molar-refractivity contribution in [3.05, 3.63) is 61.5 Å². The number of hydrogen-bond acceptors (Lipinski definition) is 6. The number of ether oxygens (including phenoxy) is 1. The molecule has 1 N–H and O–H groups in total. The minimum atomic E-state index is -0.419. The van der Waals surface area contributed by atoms with Crippen LogP contribution in [0.2, 0.25) is 0 Å². The number of carbonyl (C=O) groups is 2. The molecule has 2 aliphatic rings. The fraction of sp³-hybridized carbons (Fsp3) is 0.333. The van der Waals surface area contributed by atoms with Crippen LogP contribution in [0.1, 0.15) is 49.0 Å².